The lowest BCUT2D eigenvalue weighted by atomic mass is 10.3. The SMILES string of the molecule is CCCN1CCN(C(=S)Nc2ccc(S(=O)(=O)N3CCOCC3)cc2)CC1. The van der Waals surface area contributed by atoms with Gasteiger partial charge in [-0.25, -0.2) is 8.42 Å². The van der Waals surface area contributed by atoms with Gasteiger partial charge in [0, 0.05) is 45.0 Å². The van der Waals surface area contributed by atoms with Crippen LogP contribution in [0.4, 0.5) is 5.69 Å². The Morgan fingerprint density at radius 1 is 1.07 bits per heavy atom. The molecule has 27 heavy (non-hydrogen) atoms. The molecule has 0 radical (unpaired) electrons. The summed E-state index contributed by atoms with van der Waals surface area (Å²) in [5, 5.41) is 3.92. The van der Waals surface area contributed by atoms with Gasteiger partial charge in [-0.05, 0) is 49.4 Å². The number of ether oxygens (including phenoxy) is 1. The second-order valence-corrected chi connectivity index (χ2v) is 9.12. The van der Waals surface area contributed by atoms with Crippen LogP contribution >= 0.6 is 12.2 Å². The van der Waals surface area contributed by atoms with E-state index >= 15 is 0 Å². The van der Waals surface area contributed by atoms with Crippen LogP contribution in [0.5, 0.6) is 0 Å². The van der Waals surface area contributed by atoms with Crippen molar-refractivity contribution in [2.24, 2.45) is 0 Å². The van der Waals surface area contributed by atoms with E-state index in [1.54, 1.807) is 24.3 Å². The predicted octanol–water partition coefficient (Wildman–Crippen LogP) is 1.43. The lowest BCUT2D eigenvalue weighted by molar-refractivity contribution is 0.0730. The first-order chi connectivity index (χ1) is 13.0. The molecule has 2 saturated heterocycles. The van der Waals surface area contributed by atoms with Gasteiger partial charge < -0.3 is 15.0 Å². The monoisotopic (exact) mass is 412 g/mol. The van der Waals surface area contributed by atoms with Crippen molar-refractivity contribution in [3.05, 3.63) is 24.3 Å². The summed E-state index contributed by atoms with van der Waals surface area (Å²) in [5.41, 5.74) is 0.803. The van der Waals surface area contributed by atoms with Crippen LogP contribution in [0, 0.1) is 0 Å². The van der Waals surface area contributed by atoms with E-state index in [-0.39, 0.29) is 0 Å². The lowest BCUT2D eigenvalue weighted by Gasteiger charge is -2.36. The van der Waals surface area contributed by atoms with Gasteiger partial charge in [-0.1, -0.05) is 6.92 Å². The third kappa shape index (κ3) is 5.17. The summed E-state index contributed by atoms with van der Waals surface area (Å²) in [6, 6.07) is 6.81. The van der Waals surface area contributed by atoms with E-state index < -0.39 is 10.0 Å². The largest absolute Gasteiger partial charge is 0.379 e. The van der Waals surface area contributed by atoms with E-state index in [0.29, 0.717) is 36.3 Å². The fourth-order valence-electron chi connectivity index (χ4n) is 3.34. The zero-order chi connectivity index (χ0) is 19.3. The van der Waals surface area contributed by atoms with Crippen LogP contribution in [0.25, 0.3) is 0 Å². The van der Waals surface area contributed by atoms with Gasteiger partial charge in [0.15, 0.2) is 5.11 Å². The number of piperazine rings is 1. The number of rotatable bonds is 5. The van der Waals surface area contributed by atoms with Gasteiger partial charge in [-0.2, -0.15) is 4.31 Å². The molecule has 3 rings (SSSR count). The third-order valence-corrected chi connectivity index (χ3v) is 7.19. The topological polar surface area (TPSA) is 65.1 Å². The summed E-state index contributed by atoms with van der Waals surface area (Å²) in [5.74, 6) is 0. The molecule has 0 unspecified atom stereocenters. The van der Waals surface area contributed by atoms with Crippen LogP contribution in [0.15, 0.2) is 29.2 Å². The van der Waals surface area contributed by atoms with Crippen LogP contribution < -0.4 is 5.32 Å². The molecular weight excluding hydrogens is 384 g/mol. The summed E-state index contributed by atoms with van der Waals surface area (Å²) in [6.45, 7) is 8.88. The molecule has 0 aliphatic carbocycles. The van der Waals surface area contributed by atoms with Crippen LogP contribution in [0.1, 0.15) is 13.3 Å². The molecule has 1 N–H and O–H groups in total. The van der Waals surface area contributed by atoms with Gasteiger partial charge in [-0.3, -0.25) is 4.90 Å². The first-order valence-corrected chi connectivity index (χ1v) is 11.3. The van der Waals surface area contributed by atoms with Crippen LogP contribution in [-0.4, -0.2) is 86.7 Å². The fourth-order valence-corrected chi connectivity index (χ4v) is 5.05. The predicted molar refractivity (Wildman–Crippen MR) is 111 cm³/mol. The number of thiocarbonyl (C=S) groups is 1. The van der Waals surface area contributed by atoms with Crippen molar-refractivity contribution in [3.63, 3.8) is 0 Å². The van der Waals surface area contributed by atoms with E-state index in [0.717, 1.165) is 38.4 Å². The molecule has 2 aliphatic rings. The summed E-state index contributed by atoms with van der Waals surface area (Å²) < 4.78 is 32.0. The Morgan fingerprint density at radius 2 is 1.70 bits per heavy atom. The normalized spacial score (nSPS) is 19.8. The number of morpholine rings is 1. The third-order valence-electron chi connectivity index (χ3n) is 4.91. The minimum atomic E-state index is -3.46. The molecule has 2 aliphatic heterocycles. The number of hydrogen-bond donors (Lipinski definition) is 1. The highest BCUT2D eigenvalue weighted by Gasteiger charge is 2.26. The number of hydrogen-bond acceptors (Lipinski definition) is 5. The average molecular weight is 413 g/mol. The smallest absolute Gasteiger partial charge is 0.243 e. The van der Waals surface area contributed by atoms with Crippen molar-refractivity contribution in [2.45, 2.75) is 18.2 Å². The van der Waals surface area contributed by atoms with Gasteiger partial charge in [0.25, 0.3) is 0 Å². The van der Waals surface area contributed by atoms with Crippen molar-refractivity contribution in [3.8, 4) is 0 Å². The molecule has 0 amide bonds. The van der Waals surface area contributed by atoms with E-state index in [1.807, 2.05) is 0 Å². The average Bonchev–Trinajstić information content (AvgIpc) is 2.70. The minimum Gasteiger partial charge on any atom is -0.379 e. The second kappa shape index (κ2) is 9.29. The molecule has 0 aromatic heterocycles. The lowest BCUT2D eigenvalue weighted by Crippen LogP contribution is -2.49. The second-order valence-electron chi connectivity index (χ2n) is 6.80. The summed E-state index contributed by atoms with van der Waals surface area (Å²) >= 11 is 5.52. The van der Waals surface area contributed by atoms with Crippen LogP contribution in [0.3, 0.4) is 0 Å². The Hall–Kier alpha value is -1.26. The standard InChI is InChI=1S/C18H28N4O3S2/c1-2-7-20-8-10-21(11-9-20)18(26)19-16-3-5-17(6-4-16)27(23,24)22-12-14-25-15-13-22/h3-6H,2,7-15H2,1H3,(H,19,26). The van der Waals surface area contributed by atoms with Gasteiger partial charge >= 0.3 is 0 Å². The number of nitrogens with one attached hydrogen (secondary N) is 1. The fraction of sp³-hybridized carbons (Fsp3) is 0.611. The Kier molecular flexibility index (Phi) is 7.04. The van der Waals surface area contributed by atoms with E-state index in [1.165, 1.54) is 10.7 Å². The first-order valence-electron chi connectivity index (χ1n) is 9.47. The molecular formula is C18H28N4O3S2. The van der Waals surface area contributed by atoms with Crippen molar-refractivity contribution in [2.75, 3.05) is 64.3 Å². The number of anilines is 1. The Balaban J connectivity index is 1.57. The molecule has 0 spiro atoms. The van der Waals surface area contributed by atoms with Gasteiger partial charge in [0.2, 0.25) is 10.0 Å². The maximum absolute atomic E-state index is 12.7. The van der Waals surface area contributed by atoms with Crippen LogP contribution in [0.2, 0.25) is 0 Å². The van der Waals surface area contributed by atoms with Crippen LogP contribution in [-0.2, 0) is 14.8 Å². The first kappa shape index (κ1) is 20.5. The zero-order valence-corrected chi connectivity index (χ0v) is 17.4. The van der Waals surface area contributed by atoms with Gasteiger partial charge in [-0.15, -0.1) is 0 Å². The van der Waals surface area contributed by atoms with E-state index in [2.05, 4.69) is 22.0 Å². The Morgan fingerprint density at radius 3 is 2.30 bits per heavy atom. The van der Waals surface area contributed by atoms with Gasteiger partial charge in [0.05, 0.1) is 18.1 Å². The minimum absolute atomic E-state index is 0.300. The highest BCUT2D eigenvalue weighted by molar-refractivity contribution is 7.89. The number of nitrogens with zero attached hydrogens (tertiary/aromatic N) is 3. The van der Waals surface area contributed by atoms with Crippen molar-refractivity contribution < 1.29 is 13.2 Å². The molecule has 9 heteroatoms. The van der Waals surface area contributed by atoms with Gasteiger partial charge in [0.1, 0.15) is 0 Å². The molecule has 0 atom stereocenters. The quantitative estimate of drug-likeness (QED) is 0.734. The molecule has 1 aromatic rings. The molecule has 0 saturated carbocycles. The highest BCUT2D eigenvalue weighted by Crippen LogP contribution is 2.20. The van der Waals surface area contributed by atoms with Crippen molar-refractivity contribution in [1.82, 2.24) is 14.1 Å². The molecule has 2 fully saturated rings. The molecule has 2 heterocycles. The summed E-state index contributed by atoms with van der Waals surface area (Å²) in [7, 11) is -3.46. The molecule has 7 nitrogen and oxygen atoms in total. The van der Waals surface area contributed by atoms with Crippen molar-refractivity contribution in [1.29, 1.82) is 0 Å². The van der Waals surface area contributed by atoms with E-state index in [4.69, 9.17) is 17.0 Å². The number of sulfonamides is 1. The maximum atomic E-state index is 12.7. The number of benzene rings is 1. The maximum Gasteiger partial charge on any atom is 0.243 e. The Labute approximate surface area is 167 Å². The van der Waals surface area contributed by atoms with Crippen molar-refractivity contribution >= 4 is 33.0 Å². The molecule has 1 aromatic carbocycles. The molecule has 0 bridgehead atoms. The molecule has 150 valence electrons. The summed E-state index contributed by atoms with van der Waals surface area (Å²) in [6.07, 6.45) is 1.17. The Bertz CT molecular complexity index is 725. The zero-order valence-electron chi connectivity index (χ0n) is 15.8. The van der Waals surface area contributed by atoms with E-state index in [9.17, 15) is 8.42 Å². The highest BCUT2D eigenvalue weighted by atomic mass is 32.2. The summed E-state index contributed by atoms with van der Waals surface area (Å²) in [4.78, 5) is 4.92.